The number of rotatable bonds is 4. The van der Waals surface area contributed by atoms with Gasteiger partial charge in [0.1, 0.15) is 0 Å². The molecule has 0 aliphatic heterocycles. The van der Waals surface area contributed by atoms with E-state index in [-0.39, 0.29) is 5.92 Å². The van der Waals surface area contributed by atoms with Crippen LogP contribution in [0.25, 0.3) is 0 Å². The normalized spacial score (nSPS) is 12.4. The van der Waals surface area contributed by atoms with Crippen molar-refractivity contribution in [1.82, 2.24) is 0 Å². The first-order chi connectivity index (χ1) is 6.24. The van der Waals surface area contributed by atoms with E-state index in [0.717, 1.165) is 10.8 Å². The molecule has 2 atom stereocenters. The van der Waals surface area contributed by atoms with Crippen LogP contribution in [-0.4, -0.2) is 27.9 Å². The Morgan fingerprint density at radius 2 is 2.00 bits per heavy atom. The summed E-state index contributed by atoms with van der Waals surface area (Å²) in [5.41, 5.74) is 1.10. The van der Waals surface area contributed by atoms with Crippen LogP contribution in [0.4, 0.5) is 0 Å². The van der Waals surface area contributed by atoms with Gasteiger partial charge < -0.3 is 0 Å². The molecule has 0 fully saturated rings. The van der Waals surface area contributed by atoms with Crippen LogP contribution in [0, 0.1) is 5.92 Å². The van der Waals surface area contributed by atoms with E-state index in [4.69, 9.17) is 5.11 Å². The summed E-state index contributed by atoms with van der Waals surface area (Å²) < 4.78 is 0. The van der Waals surface area contributed by atoms with E-state index in [0.29, 0.717) is 6.42 Å². The van der Waals surface area contributed by atoms with Gasteiger partial charge >= 0.3 is 86.2 Å². The summed E-state index contributed by atoms with van der Waals surface area (Å²) >= 11 is 1.47. The predicted octanol–water partition coefficient (Wildman–Crippen LogP) is 0.981. The van der Waals surface area contributed by atoms with Crippen molar-refractivity contribution < 1.29 is 9.90 Å². The van der Waals surface area contributed by atoms with E-state index in [1.54, 1.807) is 0 Å². The van der Waals surface area contributed by atoms with Crippen LogP contribution in [0.15, 0.2) is 30.3 Å². The summed E-state index contributed by atoms with van der Waals surface area (Å²) in [7, 11) is 0. The molecule has 0 heterocycles. The zero-order valence-electron chi connectivity index (χ0n) is 7.31. The first kappa shape index (κ1) is 10.3. The Morgan fingerprint density at radius 3 is 2.46 bits per heavy atom. The molecule has 0 aliphatic carbocycles. The van der Waals surface area contributed by atoms with Gasteiger partial charge in [-0.25, -0.2) is 0 Å². The van der Waals surface area contributed by atoms with Crippen molar-refractivity contribution >= 4 is 22.8 Å². The Bertz CT molecular complexity index is 272. The summed E-state index contributed by atoms with van der Waals surface area (Å²) in [5.74, 6) is -0.907. The third-order valence-corrected chi connectivity index (χ3v) is 3.15. The van der Waals surface area contributed by atoms with Crippen LogP contribution in [0.1, 0.15) is 5.56 Å². The molecule has 0 radical (unpaired) electrons. The molecule has 70 valence electrons. The molecule has 0 saturated carbocycles. The monoisotopic (exact) mass is 240 g/mol. The SMILES string of the molecule is O=C(O)C(C[AsH2])Cc1ccccc1. The molecule has 3 heteroatoms. The van der Waals surface area contributed by atoms with Gasteiger partial charge in [-0.3, -0.25) is 0 Å². The van der Waals surface area contributed by atoms with Crippen LogP contribution < -0.4 is 0 Å². The van der Waals surface area contributed by atoms with Crippen molar-refractivity contribution in [3.05, 3.63) is 35.9 Å². The van der Waals surface area contributed by atoms with E-state index in [1.807, 2.05) is 30.3 Å². The third kappa shape index (κ3) is 3.23. The molecule has 0 bridgehead atoms. The molecule has 1 aromatic rings. The van der Waals surface area contributed by atoms with Gasteiger partial charge in [0.15, 0.2) is 0 Å². The van der Waals surface area contributed by atoms with Crippen molar-refractivity contribution in [1.29, 1.82) is 0 Å². The molecule has 0 spiro atoms. The number of aliphatic carboxylic acids is 1. The zero-order chi connectivity index (χ0) is 9.68. The Morgan fingerprint density at radius 1 is 1.38 bits per heavy atom. The van der Waals surface area contributed by atoms with Crippen molar-refractivity contribution in [2.24, 2.45) is 5.92 Å². The average molecular weight is 240 g/mol. The Labute approximate surface area is 86.5 Å². The fourth-order valence-electron chi connectivity index (χ4n) is 1.17. The molecule has 1 rings (SSSR count). The summed E-state index contributed by atoms with van der Waals surface area (Å²) in [5, 5.41) is 9.59. The molecule has 0 amide bonds. The van der Waals surface area contributed by atoms with Gasteiger partial charge in [0.2, 0.25) is 0 Å². The van der Waals surface area contributed by atoms with Crippen LogP contribution in [0.5, 0.6) is 0 Å². The predicted molar refractivity (Wildman–Crippen MR) is 54.6 cm³/mol. The number of hydrogen-bond donors (Lipinski definition) is 1. The van der Waals surface area contributed by atoms with E-state index in [1.165, 1.54) is 16.9 Å². The average Bonchev–Trinajstić information content (AvgIpc) is 2.15. The molecule has 0 aromatic heterocycles. The van der Waals surface area contributed by atoms with Gasteiger partial charge in [0.05, 0.1) is 0 Å². The quantitative estimate of drug-likeness (QED) is 0.796. The fourth-order valence-corrected chi connectivity index (χ4v) is 1.94. The van der Waals surface area contributed by atoms with Crippen molar-refractivity contribution in [3.63, 3.8) is 0 Å². The number of carboxylic acids is 1. The van der Waals surface area contributed by atoms with Gasteiger partial charge in [-0.2, -0.15) is 0 Å². The van der Waals surface area contributed by atoms with E-state index >= 15 is 0 Å². The van der Waals surface area contributed by atoms with E-state index in [9.17, 15) is 4.79 Å². The third-order valence-electron chi connectivity index (χ3n) is 1.96. The Hall–Kier alpha value is -0.752. The first-order valence-corrected chi connectivity index (χ1v) is 5.92. The molecule has 1 N–H and O–H groups in total. The summed E-state index contributed by atoms with van der Waals surface area (Å²) in [6.45, 7) is 0. The summed E-state index contributed by atoms with van der Waals surface area (Å²) in [6, 6.07) is 9.76. The van der Waals surface area contributed by atoms with Crippen LogP contribution in [0.2, 0.25) is 5.21 Å². The Balaban J connectivity index is 2.62. The van der Waals surface area contributed by atoms with Crippen molar-refractivity contribution in [2.75, 3.05) is 0 Å². The number of benzene rings is 1. The maximum atomic E-state index is 10.7. The minimum atomic E-state index is -0.687. The molecule has 0 saturated heterocycles. The van der Waals surface area contributed by atoms with Gasteiger partial charge in [-0.1, -0.05) is 0 Å². The molecule has 1 aromatic carbocycles. The molecule has 13 heavy (non-hydrogen) atoms. The minimum absolute atomic E-state index is 0.220. The summed E-state index contributed by atoms with van der Waals surface area (Å²) in [4.78, 5) is 10.7. The van der Waals surface area contributed by atoms with Gasteiger partial charge in [-0.05, 0) is 0 Å². The van der Waals surface area contributed by atoms with E-state index < -0.39 is 5.97 Å². The fraction of sp³-hybridized carbons (Fsp3) is 0.300. The first-order valence-electron chi connectivity index (χ1n) is 4.21. The second kappa shape index (κ2) is 5.08. The molecule has 0 aliphatic rings. The van der Waals surface area contributed by atoms with Crippen molar-refractivity contribution in [3.8, 4) is 0 Å². The molecule has 2 unspecified atom stereocenters. The molecular weight excluding hydrogens is 227 g/mol. The van der Waals surface area contributed by atoms with Gasteiger partial charge in [-0.15, -0.1) is 0 Å². The van der Waals surface area contributed by atoms with Crippen LogP contribution >= 0.6 is 0 Å². The topological polar surface area (TPSA) is 37.3 Å². The van der Waals surface area contributed by atoms with E-state index in [2.05, 4.69) is 0 Å². The van der Waals surface area contributed by atoms with Crippen molar-refractivity contribution in [2.45, 2.75) is 11.6 Å². The van der Waals surface area contributed by atoms with Gasteiger partial charge in [0, 0.05) is 0 Å². The molecular formula is C10H13AsO2. The molecule has 2 nitrogen and oxygen atoms in total. The second-order valence-corrected chi connectivity index (χ2v) is 3.95. The second-order valence-electron chi connectivity index (χ2n) is 2.96. The number of carbonyl (C=O) groups is 1. The van der Waals surface area contributed by atoms with Crippen LogP contribution in [0.3, 0.4) is 0 Å². The van der Waals surface area contributed by atoms with Crippen LogP contribution in [-0.2, 0) is 11.2 Å². The maximum absolute atomic E-state index is 10.7. The number of carboxylic acid groups (broad SMARTS) is 1. The number of hydrogen-bond acceptors (Lipinski definition) is 1. The zero-order valence-corrected chi connectivity index (χ0v) is 9.73. The standard InChI is InChI=1S/C10H13AsO2/c11-7-9(10(12)13)6-8-4-2-1-3-5-8/h1-5,9H,6-7,11H2,(H,12,13). The Kier molecular flexibility index (Phi) is 4.04. The summed E-state index contributed by atoms with van der Waals surface area (Å²) in [6.07, 6.45) is 0.647. The van der Waals surface area contributed by atoms with Gasteiger partial charge in [0.25, 0.3) is 0 Å².